The molecule has 4 rings (SSSR count). The Morgan fingerprint density at radius 1 is 1.07 bits per heavy atom. The number of aryl methyl sites for hydroxylation is 1. The van der Waals surface area contributed by atoms with Crippen molar-refractivity contribution in [3.63, 3.8) is 0 Å². The van der Waals surface area contributed by atoms with Gasteiger partial charge in [0.15, 0.2) is 0 Å². The number of benzene rings is 2. The maximum Gasteiger partial charge on any atom is 0.332 e. The predicted octanol–water partition coefficient (Wildman–Crippen LogP) is 4.20. The van der Waals surface area contributed by atoms with Crippen LogP contribution in [0.15, 0.2) is 64.2 Å². The molecule has 150 valence electrons. The predicted molar refractivity (Wildman–Crippen MR) is 119 cm³/mol. The highest BCUT2D eigenvalue weighted by Crippen LogP contribution is 2.21. The SMILES string of the molecule is Cn1c(=O)n(Cc2cccc(F)c2)c(=O)c2cc(C#CCc3cccc(Cl)c3)sc21. The number of hydrogen-bond acceptors (Lipinski definition) is 3. The second-order valence-electron chi connectivity index (χ2n) is 6.80. The third-order valence-electron chi connectivity index (χ3n) is 4.63. The lowest BCUT2D eigenvalue weighted by Gasteiger charge is -2.08. The number of nitrogens with zero attached hydrogens (tertiary/aromatic N) is 2. The van der Waals surface area contributed by atoms with Crippen molar-refractivity contribution in [3.8, 4) is 11.8 Å². The molecule has 0 atom stereocenters. The van der Waals surface area contributed by atoms with Gasteiger partial charge in [-0.05, 0) is 41.5 Å². The lowest BCUT2D eigenvalue weighted by Crippen LogP contribution is -2.38. The summed E-state index contributed by atoms with van der Waals surface area (Å²) in [6.07, 6.45) is 0.525. The van der Waals surface area contributed by atoms with Crippen molar-refractivity contribution in [1.82, 2.24) is 9.13 Å². The number of rotatable bonds is 3. The Morgan fingerprint density at radius 2 is 1.83 bits per heavy atom. The Hall–Kier alpha value is -3.14. The van der Waals surface area contributed by atoms with Crippen molar-refractivity contribution in [2.24, 2.45) is 7.05 Å². The highest BCUT2D eigenvalue weighted by molar-refractivity contribution is 7.19. The first-order chi connectivity index (χ1) is 14.4. The maximum absolute atomic E-state index is 13.5. The standard InChI is InChI=1S/C23H16ClFN2O2S/c1-26-22-20(13-19(30-22)10-4-6-15-5-2-8-17(24)11-15)21(28)27(23(26)29)14-16-7-3-9-18(25)12-16/h2-3,5,7-9,11-13H,6,14H2,1H3. The molecule has 0 saturated carbocycles. The molecule has 2 heterocycles. The summed E-state index contributed by atoms with van der Waals surface area (Å²) in [5.41, 5.74) is 0.694. The minimum Gasteiger partial charge on any atom is -0.287 e. The Kier molecular flexibility index (Phi) is 5.58. The molecule has 0 aliphatic rings. The Balaban J connectivity index is 1.70. The summed E-state index contributed by atoms with van der Waals surface area (Å²) < 4.78 is 16.0. The fourth-order valence-corrected chi connectivity index (χ4v) is 4.38. The summed E-state index contributed by atoms with van der Waals surface area (Å²) in [7, 11) is 1.62. The van der Waals surface area contributed by atoms with E-state index in [1.54, 1.807) is 31.3 Å². The van der Waals surface area contributed by atoms with Crippen LogP contribution in [0, 0.1) is 17.7 Å². The lowest BCUT2D eigenvalue weighted by atomic mass is 10.1. The first-order valence-corrected chi connectivity index (χ1v) is 10.3. The van der Waals surface area contributed by atoms with Gasteiger partial charge in [-0.2, -0.15) is 0 Å². The third kappa shape index (κ3) is 4.09. The van der Waals surface area contributed by atoms with Crippen LogP contribution in [0.2, 0.25) is 5.02 Å². The van der Waals surface area contributed by atoms with Crippen LogP contribution in [0.5, 0.6) is 0 Å². The van der Waals surface area contributed by atoms with Crippen LogP contribution < -0.4 is 11.2 Å². The molecular weight excluding hydrogens is 423 g/mol. The van der Waals surface area contributed by atoms with E-state index in [4.69, 9.17) is 11.6 Å². The molecule has 7 heteroatoms. The van der Waals surface area contributed by atoms with Gasteiger partial charge in [0.1, 0.15) is 10.6 Å². The van der Waals surface area contributed by atoms with Crippen molar-refractivity contribution < 1.29 is 4.39 Å². The van der Waals surface area contributed by atoms with E-state index >= 15 is 0 Å². The fourth-order valence-electron chi connectivity index (χ4n) is 3.18. The Labute approximate surface area is 180 Å². The minimum atomic E-state index is -0.447. The highest BCUT2D eigenvalue weighted by atomic mass is 35.5. The number of hydrogen-bond donors (Lipinski definition) is 0. The quantitative estimate of drug-likeness (QED) is 0.450. The van der Waals surface area contributed by atoms with E-state index in [9.17, 15) is 14.0 Å². The molecule has 0 unspecified atom stereocenters. The van der Waals surface area contributed by atoms with Gasteiger partial charge in [-0.3, -0.25) is 13.9 Å². The van der Waals surface area contributed by atoms with Crippen LogP contribution in [-0.4, -0.2) is 9.13 Å². The van der Waals surface area contributed by atoms with Gasteiger partial charge in [0.2, 0.25) is 0 Å². The molecule has 0 N–H and O–H groups in total. The first-order valence-electron chi connectivity index (χ1n) is 9.13. The second-order valence-corrected chi connectivity index (χ2v) is 8.27. The van der Waals surface area contributed by atoms with Gasteiger partial charge < -0.3 is 0 Å². The number of aromatic nitrogens is 2. The van der Waals surface area contributed by atoms with E-state index in [1.807, 2.05) is 18.2 Å². The van der Waals surface area contributed by atoms with Crippen LogP contribution >= 0.6 is 22.9 Å². The Bertz CT molecular complexity index is 1440. The van der Waals surface area contributed by atoms with E-state index < -0.39 is 17.1 Å². The van der Waals surface area contributed by atoms with Crippen molar-refractivity contribution in [2.75, 3.05) is 0 Å². The van der Waals surface area contributed by atoms with Gasteiger partial charge in [-0.1, -0.05) is 47.7 Å². The number of thiophene rings is 1. The van der Waals surface area contributed by atoms with E-state index in [0.29, 0.717) is 32.1 Å². The van der Waals surface area contributed by atoms with Gasteiger partial charge in [-0.15, -0.1) is 11.3 Å². The van der Waals surface area contributed by atoms with Crippen LogP contribution in [-0.2, 0) is 20.0 Å². The molecule has 4 aromatic rings. The van der Waals surface area contributed by atoms with Crippen molar-refractivity contribution >= 4 is 33.2 Å². The summed E-state index contributed by atoms with van der Waals surface area (Å²) >= 11 is 7.29. The van der Waals surface area contributed by atoms with Crippen molar-refractivity contribution in [1.29, 1.82) is 0 Å². The van der Waals surface area contributed by atoms with E-state index in [0.717, 1.165) is 10.1 Å². The van der Waals surface area contributed by atoms with Crippen LogP contribution in [0.1, 0.15) is 16.0 Å². The first kappa shape index (κ1) is 20.1. The van der Waals surface area contributed by atoms with Gasteiger partial charge in [0, 0.05) is 18.5 Å². The van der Waals surface area contributed by atoms with Crippen molar-refractivity contribution in [2.45, 2.75) is 13.0 Å². The van der Waals surface area contributed by atoms with Gasteiger partial charge in [0.05, 0.1) is 16.8 Å². The molecule has 0 saturated heterocycles. The zero-order valence-electron chi connectivity index (χ0n) is 16.0. The molecule has 0 fully saturated rings. The molecule has 2 aromatic carbocycles. The molecule has 0 amide bonds. The maximum atomic E-state index is 13.5. The molecule has 2 aromatic heterocycles. The molecule has 0 aliphatic heterocycles. The third-order valence-corrected chi connectivity index (χ3v) is 6.00. The molecule has 4 nitrogen and oxygen atoms in total. The summed E-state index contributed by atoms with van der Waals surface area (Å²) in [6, 6.07) is 15.0. The lowest BCUT2D eigenvalue weighted by molar-refractivity contribution is 0.618. The van der Waals surface area contributed by atoms with Crippen molar-refractivity contribution in [3.05, 3.63) is 102 Å². The Morgan fingerprint density at radius 3 is 2.60 bits per heavy atom. The van der Waals surface area contributed by atoms with Crippen LogP contribution in [0.4, 0.5) is 4.39 Å². The summed E-state index contributed by atoms with van der Waals surface area (Å²) in [5.74, 6) is 5.74. The topological polar surface area (TPSA) is 44.0 Å². The van der Waals surface area contributed by atoms with E-state index in [2.05, 4.69) is 11.8 Å². The number of halogens is 2. The van der Waals surface area contributed by atoms with Crippen LogP contribution in [0.25, 0.3) is 10.2 Å². The zero-order valence-corrected chi connectivity index (χ0v) is 17.6. The molecular formula is C23H16ClFN2O2S. The smallest absolute Gasteiger partial charge is 0.287 e. The highest BCUT2D eigenvalue weighted by Gasteiger charge is 2.14. The average Bonchev–Trinajstić information content (AvgIpc) is 3.14. The molecule has 0 spiro atoms. The molecule has 0 bridgehead atoms. The summed E-state index contributed by atoms with van der Waals surface area (Å²) in [4.78, 5) is 26.9. The molecule has 0 aliphatic carbocycles. The fraction of sp³-hybridized carbons (Fsp3) is 0.130. The second kappa shape index (κ2) is 8.31. The van der Waals surface area contributed by atoms with Gasteiger partial charge in [-0.25, -0.2) is 9.18 Å². The van der Waals surface area contributed by atoms with Crippen LogP contribution in [0.3, 0.4) is 0 Å². The minimum absolute atomic E-state index is 0.00479. The van der Waals surface area contributed by atoms with E-state index in [1.165, 1.54) is 28.0 Å². The largest absolute Gasteiger partial charge is 0.332 e. The normalized spacial score (nSPS) is 10.8. The monoisotopic (exact) mass is 438 g/mol. The molecule has 0 radical (unpaired) electrons. The zero-order chi connectivity index (χ0) is 21.3. The van der Waals surface area contributed by atoms with Gasteiger partial charge in [0.25, 0.3) is 5.56 Å². The van der Waals surface area contributed by atoms with E-state index in [-0.39, 0.29) is 6.54 Å². The summed E-state index contributed by atoms with van der Waals surface area (Å²) in [6.45, 7) is 0.00479. The molecule has 30 heavy (non-hydrogen) atoms. The average molecular weight is 439 g/mol. The van der Waals surface area contributed by atoms with Gasteiger partial charge >= 0.3 is 5.69 Å². The number of fused-ring (bicyclic) bond motifs is 1. The summed E-state index contributed by atoms with van der Waals surface area (Å²) in [5, 5.41) is 1.08.